The third-order valence-electron chi connectivity index (χ3n) is 4.48. The number of benzene rings is 1. The zero-order valence-electron chi connectivity index (χ0n) is 13.6. The minimum Gasteiger partial charge on any atom is -0.338 e. The van der Waals surface area contributed by atoms with Gasteiger partial charge in [-0.05, 0) is 24.1 Å². The zero-order chi connectivity index (χ0) is 16.4. The normalized spacial score (nSPS) is 19.6. The molecule has 0 N–H and O–H groups in total. The maximum Gasteiger partial charge on any atom is 0.241 e. The van der Waals surface area contributed by atoms with Crippen LogP contribution in [0.4, 0.5) is 0 Å². The highest BCUT2D eigenvalue weighted by atomic mass is 32.1. The Bertz CT molecular complexity index is 771. The molecule has 0 amide bonds. The fraction of sp³-hybridized carbons (Fsp3) is 0.333. The van der Waals surface area contributed by atoms with E-state index >= 15 is 0 Å². The van der Waals surface area contributed by atoms with E-state index in [9.17, 15) is 0 Å². The van der Waals surface area contributed by atoms with Gasteiger partial charge in [0.05, 0.1) is 11.4 Å². The lowest BCUT2D eigenvalue weighted by atomic mass is 10.0. The second-order valence-corrected chi connectivity index (χ2v) is 7.08. The van der Waals surface area contributed by atoms with Crippen LogP contribution in [-0.4, -0.2) is 46.6 Å². The molecule has 1 aliphatic rings. The van der Waals surface area contributed by atoms with Crippen molar-refractivity contribution < 1.29 is 4.52 Å². The lowest BCUT2D eigenvalue weighted by Crippen LogP contribution is -2.46. The third kappa shape index (κ3) is 3.26. The fourth-order valence-electron chi connectivity index (χ4n) is 3.13. The molecule has 3 aromatic rings. The number of rotatable bonds is 4. The van der Waals surface area contributed by atoms with Crippen molar-refractivity contribution in [2.24, 2.45) is 0 Å². The molecule has 1 aromatic carbocycles. The summed E-state index contributed by atoms with van der Waals surface area (Å²) >= 11 is 1.63. The summed E-state index contributed by atoms with van der Waals surface area (Å²) in [6.45, 7) is 3.72. The number of likely N-dealkylation sites (N-methyl/N-ethyl adjacent to an activating group) is 1. The van der Waals surface area contributed by atoms with Gasteiger partial charge < -0.3 is 4.52 Å². The summed E-state index contributed by atoms with van der Waals surface area (Å²) in [7, 11) is 2.19. The first kappa shape index (κ1) is 15.5. The predicted molar refractivity (Wildman–Crippen MR) is 94.7 cm³/mol. The van der Waals surface area contributed by atoms with E-state index in [0.717, 1.165) is 24.5 Å². The molecule has 3 heterocycles. The Morgan fingerprint density at radius 1 is 1.17 bits per heavy atom. The molecule has 2 aromatic heterocycles. The zero-order valence-corrected chi connectivity index (χ0v) is 14.4. The fourth-order valence-corrected chi connectivity index (χ4v) is 3.77. The molecule has 6 heteroatoms. The molecule has 0 aliphatic carbocycles. The van der Waals surface area contributed by atoms with Crippen molar-refractivity contribution in [3.63, 3.8) is 0 Å². The van der Waals surface area contributed by atoms with E-state index < -0.39 is 0 Å². The predicted octanol–water partition coefficient (Wildman–Crippen LogP) is 3.29. The lowest BCUT2D eigenvalue weighted by molar-refractivity contribution is 0.0825. The van der Waals surface area contributed by atoms with Gasteiger partial charge in [-0.25, -0.2) is 0 Å². The summed E-state index contributed by atoms with van der Waals surface area (Å²) in [6, 6.07) is 15.1. The molecule has 0 radical (unpaired) electrons. The number of aromatic nitrogens is 2. The van der Waals surface area contributed by atoms with Crippen LogP contribution in [0.2, 0.25) is 0 Å². The first-order valence-electron chi connectivity index (χ1n) is 8.13. The average molecular weight is 340 g/mol. The summed E-state index contributed by atoms with van der Waals surface area (Å²) in [6.07, 6.45) is 0. The molecule has 0 spiro atoms. The minimum absolute atomic E-state index is 0.402. The van der Waals surface area contributed by atoms with E-state index in [-0.39, 0.29) is 0 Å². The van der Waals surface area contributed by atoms with Crippen molar-refractivity contribution >= 4 is 11.3 Å². The van der Waals surface area contributed by atoms with Gasteiger partial charge >= 0.3 is 0 Å². The van der Waals surface area contributed by atoms with Crippen LogP contribution in [0.25, 0.3) is 10.7 Å². The van der Waals surface area contributed by atoms with Gasteiger partial charge in [0.2, 0.25) is 11.7 Å². The second-order valence-electron chi connectivity index (χ2n) is 6.13. The van der Waals surface area contributed by atoms with Crippen molar-refractivity contribution in [2.75, 3.05) is 26.7 Å². The summed E-state index contributed by atoms with van der Waals surface area (Å²) in [5.74, 6) is 1.38. The molecule has 24 heavy (non-hydrogen) atoms. The molecule has 1 atom stereocenters. The van der Waals surface area contributed by atoms with Gasteiger partial charge in [0.25, 0.3) is 0 Å². The summed E-state index contributed by atoms with van der Waals surface area (Å²) in [5, 5.41) is 6.13. The Kier molecular flexibility index (Phi) is 4.42. The van der Waals surface area contributed by atoms with Crippen LogP contribution in [0.3, 0.4) is 0 Å². The second kappa shape index (κ2) is 6.84. The van der Waals surface area contributed by atoms with Gasteiger partial charge in [-0.2, -0.15) is 4.98 Å². The van der Waals surface area contributed by atoms with E-state index in [1.165, 1.54) is 5.56 Å². The van der Waals surface area contributed by atoms with Crippen LogP contribution in [0.15, 0.2) is 52.4 Å². The molecule has 1 saturated heterocycles. The Labute approximate surface area is 145 Å². The summed E-state index contributed by atoms with van der Waals surface area (Å²) < 4.78 is 5.45. The molecule has 1 aliphatic heterocycles. The molecule has 124 valence electrons. The van der Waals surface area contributed by atoms with E-state index in [1.807, 2.05) is 17.5 Å². The van der Waals surface area contributed by atoms with E-state index in [0.29, 0.717) is 24.3 Å². The van der Waals surface area contributed by atoms with E-state index in [4.69, 9.17) is 4.52 Å². The topological polar surface area (TPSA) is 45.4 Å². The largest absolute Gasteiger partial charge is 0.338 e. The standard InChI is InChI=1S/C18H20N4OS/c1-21-9-10-22(12-15(21)14-6-3-2-4-7-14)13-17-19-18(20-23-17)16-8-5-11-24-16/h2-8,11,15H,9-10,12-13H2,1H3. The lowest BCUT2D eigenvalue weighted by Gasteiger charge is -2.39. The maximum atomic E-state index is 5.45. The molecule has 4 rings (SSSR count). The highest BCUT2D eigenvalue weighted by molar-refractivity contribution is 7.13. The van der Waals surface area contributed by atoms with Gasteiger partial charge in [0.15, 0.2) is 0 Å². The van der Waals surface area contributed by atoms with Crippen LogP contribution < -0.4 is 0 Å². The van der Waals surface area contributed by atoms with E-state index in [1.54, 1.807) is 11.3 Å². The Morgan fingerprint density at radius 2 is 2.04 bits per heavy atom. The molecule has 1 fully saturated rings. The van der Waals surface area contributed by atoms with Crippen LogP contribution in [0, 0.1) is 0 Å². The SMILES string of the molecule is CN1CCN(Cc2nc(-c3cccs3)no2)CC1c1ccccc1. The van der Waals surface area contributed by atoms with Crippen molar-refractivity contribution in [3.8, 4) is 10.7 Å². The number of nitrogens with zero attached hydrogens (tertiary/aromatic N) is 4. The molecule has 5 nitrogen and oxygen atoms in total. The van der Waals surface area contributed by atoms with Crippen molar-refractivity contribution in [1.29, 1.82) is 0 Å². The first-order chi connectivity index (χ1) is 11.8. The summed E-state index contributed by atoms with van der Waals surface area (Å²) in [4.78, 5) is 10.4. The monoisotopic (exact) mass is 340 g/mol. The Balaban J connectivity index is 1.45. The van der Waals surface area contributed by atoms with Crippen LogP contribution in [0.5, 0.6) is 0 Å². The van der Waals surface area contributed by atoms with Crippen molar-refractivity contribution in [1.82, 2.24) is 19.9 Å². The molecule has 0 bridgehead atoms. The first-order valence-corrected chi connectivity index (χ1v) is 9.01. The van der Waals surface area contributed by atoms with Crippen molar-refractivity contribution in [3.05, 3.63) is 59.3 Å². The summed E-state index contributed by atoms with van der Waals surface area (Å²) in [5.41, 5.74) is 1.36. The van der Waals surface area contributed by atoms with Gasteiger partial charge in [-0.1, -0.05) is 41.6 Å². The Morgan fingerprint density at radius 3 is 2.83 bits per heavy atom. The highest BCUT2D eigenvalue weighted by Crippen LogP contribution is 2.25. The average Bonchev–Trinajstić information content (AvgIpc) is 3.29. The molecule has 0 saturated carbocycles. The van der Waals surface area contributed by atoms with Crippen LogP contribution in [0.1, 0.15) is 17.5 Å². The number of hydrogen-bond donors (Lipinski definition) is 0. The quantitative estimate of drug-likeness (QED) is 0.729. The van der Waals surface area contributed by atoms with Gasteiger partial charge in [0.1, 0.15) is 0 Å². The van der Waals surface area contributed by atoms with Gasteiger partial charge in [0, 0.05) is 25.7 Å². The van der Waals surface area contributed by atoms with Crippen LogP contribution >= 0.6 is 11.3 Å². The van der Waals surface area contributed by atoms with Gasteiger partial charge in [-0.3, -0.25) is 9.80 Å². The number of hydrogen-bond acceptors (Lipinski definition) is 6. The molecular weight excluding hydrogens is 320 g/mol. The maximum absolute atomic E-state index is 5.45. The molecule has 1 unspecified atom stereocenters. The van der Waals surface area contributed by atoms with E-state index in [2.05, 4.69) is 57.3 Å². The van der Waals surface area contributed by atoms with Crippen molar-refractivity contribution in [2.45, 2.75) is 12.6 Å². The highest BCUT2D eigenvalue weighted by Gasteiger charge is 2.26. The van der Waals surface area contributed by atoms with Crippen LogP contribution in [-0.2, 0) is 6.54 Å². The smallest absolute Gasteiger partial charge is 0.241 e. The third-order valence-corrected chi connectivity index (χ3v) is 5.35. The van der Waals surface area contributed by atoms with Gasteiger partial charge in [-0.15, -0.1) is 11.3 Å². The molecular formula is C18H20N4OS. The number of piperazine rings is 1. The number of thiophene rings is 1. The minimum atomic E-state index is 0.402. The Hall–Kier alpha value is -2.02.